The van der Waals surface area contributed by atoms with Crippen LogP contribution in [0.5, 0.6) is 0 Å². The topological polar surface area (TPSA) is 74.7 Å². The van der Waals surface area contributed by atoms with Crippen molar-refractivity contribution in [2.75, 3.05) is 6.61 Å². The third-order valence-electron chi connectivity index (χ3n) is 4.81. The number of aromatic nitrogens is 4. The molecule has 0 atom stereocenters. The van der Waals surface area contributed by atoms with Gasteiger partial charge < -0.3 is 10.1 Å². The highest BCUT2D eigenvalue weighted by molar-refractivity contribution is 5.79. The minimum absolute atomic E-state index is 0.355. The Morgan fingerprint density at radius 2 is 1.79 bits per heavy atom. The molecule has 2 N–H and O–H groups in total. The molecule has 0 amide bonds. The summed E-state index contributed by atoms with van der Waals surface area (Å²) in [6, 6.07) is 4.25. The molecule has 3 heterocycles. The first-order chi connectivity index (χ1) is 13.4. The summed E-state index contributed by atoms with van der Waals surface area (Å²) in [6.07, 6.45) is 6.17. The maximum Gasteiger partial charge on any atom is 0.156 e. The molecule has 3 rings (SSSR count). The minimum Gasteiger partial charge on any atom is -0.396 e. The van der Waals surface area contributed by atoms with Gasteiger partial charge in [0.25, 0.3) is 0 Å². The fourth-order valence-electron chi connectivity index (χ4n) is 3.08. The predicted octanol–water partition coefficient (Wildman–Crippen LogP) is 5.49. The molecule has 3 aromatic rings. The molecule has 0 saturated heterocycles. The Labute approximate surface area is 168 Å². The SMILES string of the molecule is CCCCCO.CCc1nc(C(C)C)ccc1-c1nc2c(C)c[nH]c2nc1C. The highest BCUT2D eigenvalue weighted by Crippen LogP contribution is 2.28. The van der Waals surface area contributed by atoms with Gasteiger partial charge in [0.15, 0.2) is 5.65 Å². The second-order valence-electron chi connectivity index (χ2n) is 7.50. The molecule has 0 radical (unpaired) electrons. The number of aromatic amines is 1. The van der Waals surface area contributed by atoms with Crippen LogP contribution in [-0.4, -0.2) is 31.6 Å². The number of aliphatic hydroxyl groups excluding tert-OH is 1. The molecule has 0 aliphatic carbocycles. The van der Waals surface area contributed by atoms with Crippen LogP contribution in [0.15, 0.2) is 18.3 Å². The van der Waals surface area contributed by atoms with Crippen LogP contribution in [0.25, 0.3) is 22.4 Å². The molecule has 0 bridgehead atoms. The van der Waals surface area contributed by atoms with E-state index in [1.54, 1.807) is 0 Å². The number of unbranched alkanes of at least 4 members (excludes halogenated alkanes) is 2. The second kappa shape index (κ2) is 10.3. The Hall–Kier alpha value is -2.27. The first-order valence-electron chi connectivity index (χ1n) is 10.4. The van der Waals surface area contributed by atoms with Crippen LogP contribution in [0, 0.1) is 13.8 Å². The highest BCUT2D eigenvalue weighted by Gasteiger charge is 2.15. The van der Waals surface area contributed by atoms with E-state index in [1.165, 1.54) is 6.42 Å². The molecular formula is C23H34N4O. The standard InChI is InChI=1S/C18H22N4.C5H12O/c1-6-14-13(7-8-15(21-14)10(2)3)17-12(5)20-18-16(22-17)11(4)9-19-18;1-2-3-4-5-6/h7-10H,6H2,1-5H3,(H,19,20);6H,2-5H2,1H3. The Morgan fingerprint density at radius 1 is 1.04 bits per heavy atom. The molecular weight excluding hydrogens is 348 g/mol. The molecule has 0 saturated carbocycles. The average molecular weight is 383 g/mol. The van der Waals surface area contributed by atoms with Crippen molar-refractivity contribution in [1.82, 2.24) is 19.9 Å². The van der Waals surface area contributed by atoms with Crippen molar-refractivity contribution in [3.8, 4) is 11.3 Å². The third kappa shape index (κ3) is 5.16. The zero-order valence-corrected chi connectivity index (χ0v) is 18.1. The lowest BCUT2D eigenvalue weighted by Crippen LogP contribution is -2.02. The number of H-pyrrole nitrogens is 1. The van der Waals surface area contributed by atoms with Gasteiger partial charge in [0.05, 0.1) is 11.4 Å². The van der Waals surface area contributed by atoms with Crippen LogP contribution in [-0.2, 0) is 6.42 Å². The van der Waals surface area contributed by atoms with E-state index in [-0.39, 0.29) is 0 Å². The lowest BCUT2D eigenvalue weighted by Gasteiger charge is -2.12. The molecule has 0 aliphatic heterocycles. The summed E-state index contributed by atoms with van der Waals surface area (Å²) in [4.78, 5) is 17.5. The molecule has 0 spiro atoms. The number of fused-ring (bicyclic) bond motifs is 1. The van der Waals surface area contributed by atoms with E-state index in [0.717, 1.165) is 64.3 Å². The summed E-state index contributed by atoms with van der Waals surface area (Å²) >= 11 is 0. The third-order valence-corrected chi connectivity index (χ3v) is 4.81. The van der Waals surface area contributed by atoms with Crippen molar-refractivity contribution in [1.29, 1.82) is 0 Å². The Kier molecular flexibility index (Phi) is 8.12. The van der Waals surface area contributed by atoms with Crippen LogP contribution < -0.4 is 0 Å². The summed E-state index contributed by atoms with van der Waals surface area (Å²) < 4.78 is 0. The first kappa shape index (κ1) is 22.0. The largest absolute Gasteiger partial charge is 0.396 e. The van der Waals surface area contributed by atoms with Crippen LogP contribution in [0.4, 0.5) is 0 Å². The van der Waals surface area contributed by atoms with E-state index in [9.17, 15) is 0 Å². The number of hydrogen-bond acceptors (Lipinski definition) is 4. The molecule has 152 valence electrons. The monoisotopic (exact) mass is 382 g/mol. The van der Waals surface area contributed by atoms with Crippen LogP contribution in [0.1, 0.15) is 75.5 Å². The quantitative estimate of drug-likeness (QED) is 0.553. The van der Waals surface area contributed by atoms with Gasteiger partial charge in [-0.25, -0.2) is 9.97 Å². The van der Waals surface area contributed by atoms with Gasteiger partial charge >= 0.3 is 0 Å². The molecule has 0 fully saturated rings. The zero-order chi connectivity index (χ0) is 20.7. The predicted molar refractivity (Wildman–Crippen MR) is 117 cm³/mol. The number of nitrogens with one attached hydrogen (secondary N) is 1. The van der Waals surface area contributed by atoms with Gasteiger partial charge in [-0.1, -0.05) is 40.5 Å². The van der Waals surface area contributed by atoms with Gasteiger partial charge in [0, 0.05) is 29.8 Å². The van der Waals surface area contributed by atoms with E-state index in [1.807, 2.05) is 20.0 Å². The Balaban J connectivity index is 0.000000409. The number of pyridine rings is 1. The number of rotatable bonds is 6. The maximum absolute atomic E-state index is 8.20. The van der Waals surface area contributed by atoms with E-state index >= 15 is 0 Å². The molecule has 28 heavy (non-hydrogen) atoms. The first-order valence-corrected chi connectivity index (χ1v) is 10.4. The Morgan fingerprint density at radius 3 is 2.36 bits per heavy atom. The van der Waals surface area contributed by atoms with Gasteiger partial charge in [0.1, 0.15) is 5.52 Å². The molecule has 0 aromatic carbocycles. The van der Waals surface area contributed by atoms with Crippen molar-refractivity contribution in [3.05, 3.63) is 41.0 Å². The summed E-state index contributed by atoms with van der Waals surface area (Å²) in [5.41, 5.74) is 8.10. The van der Waals surface area contributed by atoms with Gasteiger partial charge in [-0.2, -0.15) is 0 Å². The summed E-state index contributed by atoms with van der Waals surface area (Å²) in [5.74, 6) is 0.431. The number of hydrogen-bond donors (Lipinski definition) is 2. The molecule has 0 aliphatic rings. The average Bonchev–Trinajstić information content (AvgIpc) is 3.05. The lowest BCUT2D eigenvalue weighted by atomic mass is 10.0. The lowest BCUT2D eigenvalue weighted by molar-refractivity contribution is 0.284. The highest BCUT2D eigenvalue weighted by atomic mass is 16.2. The number of aliphatic hydroxyl groups is 1. The zero-order valence-electron chi connectivity index (χ0n) is 18.1. The maximum atomic E-state index is 8.20. The van der Waals surface area contributed by atoms with Crippen molar-refractivity contribution >= 4 is 11.2 Å². The van der Waals surface area contributed by atoms with Crippen molar-refractivity contribution in [2.45, 2.75) is 73.1 Å². The number of aryl methyl sites for hydroxylation is 3. The second-order valence-corrected chi connectivity index (χ2v) is 7.50. The van der Waals surface area contributed by atoms with Crippen molar-refractivity contribution in [3.63, 3.8) is 0 Å². The van der Waals surface area contributed by atoms with Crippen LogP contribution in [0.2, 0.25) is 0 Å². The molecule has 5 heteroatoms. The van der Waals surface area contributed by atoms with Crippen LogP contribution >= 0.6 is 0 Å². The smallest absolute Gasteiger partial charge is 0.156 e. The minimum atomic E-state index is 0.355. The van der Waals surface area contributed by atoms with E-state index in [0.29, 0.717) is 12.5 Å². The summed E-state index contributed by atoms with van der Waals surface area (Å²) in [7, 11) is 0. The van der Waals surface area contributed by atoms with Crippen molar-refractivity contribution < 1.29 is 5.11 Å². The molecule has 3 aromatic heterocycles. The van der Waals surface area contributed by atoms with Gasteiger partial charge in [-0.15, -0.1) is 0 Å². The van der Waals surface area contributed by atoms with Gasteiger partial charge in [0.2, 0.25) is 0 Å². The van der Waals surface area contributed by atoms with Crippen LogP contribution in [0.3, 0.4) is 0 Å². The summed E-state index contributed by atoms with van der Waals surface area (Å²) in [6.45, 7) is 13.0. The van der Waals surface area contributed by atoms with E-state index in [2.05, 4.69) is 49.8 Å². The van der Waals surface area contributed by atoms with E-state index < -0.39 is 0 Å². The fourth-order valence-corrected chi connectivity index (χ4v) is 3.08. The Bertz CT molecular complexity index is 895. The van der Waals surface area contributed by atoms with E-state index in [4.69, 9.17) is 15.1 Å². The molecule has 5 nitrogen and oxygen atoms in total. The molecule has 0 unspecified atom stereocenters. The fraction of sp³-hybridized carbons (Fsp3) is 0.522. The van der Waals surface area contributed by atoms with Crippen molar-refractivity contribution in [2.24, 2.45) is 0 Å². The van der Waals surface area contributed by atoms with Gasteiger partial charge in [-0.05, 0) is 50.3 Å². The number of nitrogens with zero attached hydrogens (tertiary/aromatic N) is 3. The normalized spacial score (nSPS) is 11.0. The van der Waals surface area contributed by atoms with Gasteiger partial charge in [-0.3, -0.25) is 4.98 Å². The summed E-state index contributed by atoms with van der Waals surface area (Å²) in [5, 5.41) is 8.20.